The van der Waals surface area contributed by atoms with E-state index in [-0.39, 0.29) is 5.82 Å². The summed E-state index contributed by atoms with van der Waals surface area (Å²) in [5.41, 5.74) is 0.975. The maximum Gasteiger partial charge on any atom is 0.125 e. The first-order valence-electron chi connectivity index (χ1n) is 8.28. The lowest BCUT2D eigenvalue weighted by Crippen LogP contribution is -2.44. The zero-order valence-electron chi connectivity index (χ0n) is 13.6. The van der Waals surface area contributed by atoms with Crippen LogP contribution < -0.4 is 10.2 Å². The maximum atomic E-state index is 13.4. The van der Waals surface area contributed by atoms with E-state index >= 15 is 0 Å². The van der Waals surface area contributed by atoms with Gasteiger partial charge in [0.1, 0.15) is 5.82 Å². The highest BCUT2D eigenvalue weighted by Crippen LogP contribution is 2.33. The second kappa shape index (κ2) is 7.79. The van der Waals surface area contributed by atoms with Crippen LogP contribution in [-0.4, -0.2) is 26.7 Å². The van der Waals surface area contributed by atoms with Gasteiger partial charge in [0.2, 0.25) is 0 Å². The van der Waals surface area contributed by atoms with Crippen molar-refractivity contribution in [3.63, 3.8) is 0 Å². The van der Waals surface area contributed by atoms with Crippen molar-refractivity contribution in [2.24, 2.45) is 11.8 Å². The van der Waals surface area contributed by atoms with Gasteiger partial charge in [-0.3, -0.25) is 0 Å². The van der Waals surface area contributed by atoms with E-state index < -0.39 is 0 Å². The number of halogens is 1. The summed E-state index contributed by atoms with van der Waals surface area (Å²) in [5, 5.41) is 3.48. The Kier molecular flexibility index (Phi) is 6.04. The molecular weight excluding hydrogens is 263 g/mol. The van der Waals surface area contributed by atoms with Gasteiger partial charge in [0.15, 0.2) is 0 Å². The first kappa shape index (κ1) is 16.3. The van der Waals surface area contributed by atoms with Crippen LogP contribution in [-0.2, 0) is 0 Å². The summed E-state index contributed by atoms with van der Waals surface area (Å²) in [5.74, 6) is 1.36. The highest BCUT2D eigenvalue weighted by atomic mass is 19.1. The molecule has 118 valence electrons. The largest absolute Gasteiger partial charge is 0.374 e. The third-order valence-corrected chi connectivity index (χ3v) is 4.92. The molecule has 1 saturated carbocycles. The topological polar surface area (TPSA) is 15.3 Å². The molecular formula is C18H29FN2. The molecule has 1 fully saturated rings. The summed E-state index contributed by atoms with van der Waals surface area (Å²) in [6, 6.07) is 7.50. The number of hydrogen-bond donors (Lipinski definition) is 1. The van der Waals surface area contributed by atoms with E-state index in [0.29, 0.717) is 12.0 Å². The highest BCUT2D eigenvalue weighted by molar-refractivity contribution is 5.45. The molecule has 0 aromatic heterocycles. The SMILES string of the molecule is CCCC1CCC(NC)C(CN(C)c2cccc(F)c2)C1. The normalized spacial score (nSPS) is 25.8. The first-order chi connectivity index (χ1) is 10.1. The van der Waals surface area contributed by atoms with Gasteiger partial charge in [0.05, 0.1) is 0 Å². The van der Waals surface area contributed by atoms with Gasteiger partial charge in [-0.05, 0) is 56.3 Å². The molecule has 1 aromatic rings. The van der Waals surface area contributed by atoms with E-state index in [1.807, 2.05) is 6.07 Å². The van der Waals surface area contributed by atoms with E-state index in [1.54, 1.807) is 12.1 Å². The molecule has 1 N–H and O–H groups in total. The molecule has 0 spiro atoms. The Labute approximate surface area is 128 Å². The fourth-order valence-electron chi connectivity index (χ4n) is 3.78. The zero-order chi connectivity index (χ0) is 15.2. The Bertz CT molecular complexity index is 435. The van der Waals surface area contributed by atoms with Crippen LogP contribution in [0.15, 0.2) is 24.3 Å². The minimum atomic E-state index is -0.156. The quantitative estimate of drug-likeness (QED) is 0.850. The Hall–Kier alpha value is -1.09. The summed E-state index contributed by atoms with van der Waals surface area (Å²) in [6.45, 7) is 3.27. The second-order valence-corrected chi connectivity index (χ2v) is 6.48. The number of rotatable bonds is 6. The van der Waals surface area contributed by atoms with E-state index in [4.69, 9.17) is 0 Å². The van der Waals surface area contributed by atoms with E-state index in [2.05, 4.69) is 31.2 Å². The molecule has 0 aliphatic heterocycles. The molecule has 0 heterocycles. The molecule has 2 nitrogen and oxygen atoms in total. The summed E-state index contributed by atoms with van der Waals surface area (Å²) < 4.78 is 13.4. The van der Waals surface area contributed by atoms with Crippen molar-refractivity contribution in [3.8, 4) is 0 Å². The molecule has 0 amide bonds. The Balaban J connectivity index is 2.00. The molecule has 0 radical (unpaired) electrons. The van der Waals surface area contributed by atoms with Gasteiger partial charge in [-0.25, -0.2) is 4.39 Å². The lowest BCUT2D eigenvalue weighted by atomic mass is 9.76. The predicted octanol–water partition coefficient (Wildman–Crippen LogP) is 4.07. The third-order valence-electron chi connectivity index (χ3n) is 4.92. The fourth-order valence-corrected chi connectivity index (χ4v) is 3.78. The minimum Gasteiger partial charge on any atom is -0.374 e. The minimum absolute atomic E-state index is 0.156. The summed E-state index contributed by atoms with van der Waals surface area (Å²) in [4.78, 5) is 2.20. The van der Waals surface area contributed by atoms with Gasteiger partial charge in [0.25, 0.3) is 0 Å². The van der Waals surface area contributed by atoms with Crippen LogP contribution in [0.5, 0.6) is 0 Å². The Morgan fingerprint density at radius 3 is 2.81 bits per heavy atom. The van der Waals surface area contributed by atoms with Crippen LogP contribution >= 0.6 is 0 Å². The maximum absolute atomic E-state index is 13.4. The van der Waals surface area contributed by atoms with Gasteiger partial charge in [-0.2, -0.15) is 0 Å². The number of nitrogens with zero attached hydrogens (tertiary/aromatic N) is 1. The smallest absolute Gasteiger partial charge is 0.125 e. The van der Waals surface area contributed by atoms with Crippen LogP contribution in [0.3, 0.4) is 0 Å². The van der Waals surface area contributed by atoms with Gasteiger partial charge in [-0.15, -0.1) is 0 Å². The highest BCUT2D eigenvalue weighted by Gasteiger charge is 2.29. The molecule has 0 bridgehead atoms. The van der Waals surface area contributed by atoms with Gasteiger partial charge < -0.3 is 10.2 Å². The monoisotopic (exact) mass is 292 g/mol. The van der Waals surface area contributed by atoms with Crippen molar-refractivity contribution in [3.05, 3.63) is 30.1 Å². The molecule has 1 aromatic carbocycles. The number of nitrogens with one attached hydrogen (secondary N) is 1. The van der Waals surface area contributed by atoms with Gasteiger partial charge in [0, 0.05) is 25.3 Å². The van der Waals surface area contributed by atoms with Crippen molar-refractivity contribution in [2.45, 2.75) is 45.1 Å². The number of benzene rings is 1. The van der Waals surface area contributed by atoms with Crippen molar-refractivity contribution in [2.75, 3.05) is 25.5 Å². The Morgan fingerprint density at radius 2 is 2.14 bits per heavy atom. The summed E-state index contributed by atoms with van der Waals surface area (Å²) in [6.07, 6.45) is 6.53. The summed E-state index contributed by atoms with van der Waals surface area (Å²) >= 11 is 0. The molecule has 3 atom stereocenters. The van der Waals surface area contributed by atoms with E-state index in [0.717, 1.165) is 18.2 Å². The van der Waals surface area contributed by atoms with Crippen molar-refractivity contribution in [1.82, 2.24) is 5.32 Å². The molecule has 3 unspecified atom stereocenters. The standard InChI is InChI=1S/C18H29FN2/c1-4-6-14-9-10-18(20-2)15(11-14)13-21(3)17-8-5-7-16(19)12-17/h5,7-8,12,14-15,18,20H,4,6,9-11,13H2,1-3H3. The molecule has 2 rings (SSSR count). The first-order valence-corrected chi connectivity index (χ1v) is 8.28. The van der Waals surface area contributed by atoms with E-state index in [1.165, 1.54) is 38.2 Å². The number of anilines is 1. The molecule has 0 saturated heterocycles. The van der Waals surface area contributed by atoms with E-state index in [9.17, 15) is 4.39 Å². The predicted molar refractivity (Wildman–Crippen MR) is 88.3 cm³/mol. The molecule has 3 heteroatoms. The second-order valence-electron chi connectivity index (χ2n) is 6.48. The third kappa shape index (κ3) is 4.44. The van der Waals surface area contributed by atoms with Crippen LogP contribution in [0.1, 0.15) is 39.0 Å². The molecule has 1 aliphatic rings. The Morgan fingerprint density at radius 1 is 1.33 bits per heavy atom. The average Bonchev–Trinajstić information content (AvgIpc) is 2.48. The van der Waals surface area contributed by atoms with Crippen molar-refractivity contribution >= 4 is 5.69 Å². The van der Waals surface area contributed by atoms with Crippen LogP contribution in [0.2, 0.25) is 0 Å². The molecule has 1 aliphatic carbocycles. The van der Waals surface area contributed by atoms with Crippen LogP contribution in [0.4, 0.5) is 10.1 Å². The number of hydrogen-bond acceptors (Lipinski definition) is 2. The average molecular weight is 292 g/mol. The zero-order valence-corrected chi connectivity index (χ0v) is 13.6. The molecule has 21 heavy (non-hydrogen) atoms. The van der Waals surface area contributed by atoms with Crippen LogP contribution in [0.25, 0.3) is 0 Å². The van der Waals surface area contributed by atoms with Gasteiger partial charge >= 0.3 is 0 Å². The van der Waals surface area contributed by atoms with Crippen molar-refractivity contribution in [1.29, 1.82) is 0 Å². The van der Waals surface area contributed by atoms with Crippen LogP contribution in [0, 0.1) is 17.7 Å². The lowest BCUT2D eigenvalue weighted by molar-refractivity contribution is 0.205. The lowest BCUT2D eigenvalue weighted by Gasteiger charge is -2.38. The van der Waals surface area contributed by atoms with Crippen molar-refractivity contribution < 1.29 is 4.39 Å². The fraction of sp³-hybridized carbons (Fsp3) is 0.667. The van der Waals surface area contributed by atoms with Gasteiger partial charge in [-0.1, -0.05) is 25.8 Å². The summed E-state index contributed by atoms with van der Waals surface area (Å²) in [7, 11) is 4.14.